The Balaban J connectivity index is 2.57. The van der Waals surface area contributed by atoms with Gasteiger partial charge in [-0.15, -0.1) is 0 Å². The number of nitrogens with zero attached hydrogens (tertiary/aromatic N) is 1. The topological polar surface area (TPSA) is 48.1 Å². The summed E-state index contributed by atoms with van der Waals surface area (Å²) in [5.74, 6) is 0.539. The molecule has 2 N–H and O–H groups in total. The molecule has 0 aliphatic heterocycles. The molecular weight excluding hydrogens is 271 g/mol. The van der Waals surface area contributed by atoms with Crippen molar-refractivity contribution in [1.82, 2.24) is 4.98 Å². The van der Waals surface area contributed by atoms with E-state index in [-0.39, 0.29) is 0 Å². The molecule has 0 bridgehead atoms. The second-order valence-corrected chi connectivity index (χ2v) is 4.65. The number of halogens is 2. The van der Waals surface area contributed by atoms with Crippen LogP contribution in [0.15, 0.2) is 24.3 Å². The first-order valence-corrected chi connectivity index (χ1v) is 6.05. The van der Waals surface area contributed by atoms with E-state index in [0.717, 1.165) is 17.0 Å². The van der Waals surface area contributed by atoms with Crippen LogP contribution in [0.5, 0.6) is 5.75 Å². The molecule has 2 rings (SSSR count). The summed E-state index contributed by atoms with van der Waals surface area (Å²) in [6, 6.07) is 7.02. The number of aromatic nitrogens is 1. The number of rotatable bonds is 2. The largest absolute Gasteiger partial charge is 0.495 e. The summed E-state index contributed by atoms with van der Waals surface area (Å²) >= 11 is 12.3. The molecular formula is C13H12Cl2N2O. The molecule has 0 fully saturated rings. The van der Waals surface area contributed by atoms with Gasteiger partial charge < -0.3 is 10.5 Å². The van der Waals surface area contributed by atoms with Crippen molar-refractivity contribution >= 4 is 28.9 Å². The second-order valence-electron chi connectivity index (χ2n) is 3.84. The number of anilines is 1. The monoisotopic (exact) mass is 282 g/mol. The zero-order valence-electron chi connectivity index (χ0n) is 10.00. The fourth-order valence-electron chi connectivity index (χ4n) is 1.60. The average Bonchev–Trinajstić information content (AvgIpc) is 2.35. The highest BCUT2D eigenvalue weighted by Gasteiger charge is 2.11. The molecule has 0 atom stereocenters. The van der Waals surface area contributed by atoms with Crippen molar-refractivity contribution in [2.24, 2.45) is 0 Å². The third-order valence-electron chi connectivity index (χ3n) is 2.64. The quantitative estimate of drug-likeness (QED) is 0.907. The van der Waals surface area contributed by atoms with Gasteiger partial charge in [0, 0.05) is 11.6 Å². The molecule has 0 aliphatic rings. The Morgan fingerprint density at radius 3 is 2.50 bits per heavy atom. The number of methoxy groups -OCH3 is 1. The SMILES string of the molecule is COc1cc(Cl)c(-c2ccc(N)c(C)n2)cc1Cl. The van der Waals surface area contributed by atoms with Crippen molar-refractivity contribution in [1.29, 1.82) is 0 Å². The van der Waals surface area contributed by atoms with Crippen LogP contribution >= 0.6 is 23.2 Å². The van der Waals surface area contributed by atoms with Gasteiger partial charge in [0.15, 0.2) is 0 Å². The van der Waals surface area contributed by atoms with E-state index in [1.165, 1.54) is 0 Å². The van der Waals surface area contributed by atoms with E-state index in [2.05, 4.69) is 4.98 Å². The van der Waals surface area contributed by atoms with Crippen molar-refractivity contribution in [3.8, 4) is 17.0 Å². The van der Waals surface area contributed by atoms with E-state index >= 15 is 0 Å². The zero-order chi connectivity index (χ0) is 13.3. The van der Waals surface area contributed by atoms with Gasteiger partial charge in [-0.3, -0.25) is 4.98 Å². The zero-order valence-corrected chi connectivity index (χ0v) is 11.5. The van der Waals surface area contributed by atoms with E-state index in [0.29, 0.717) is 21.5 Å². The number of aryl methyl sites for hydroxylation is 1. The first kappa shape index (κ1) is 13.0. The fraction of sp³-hybridized carbons (Fsp3) is 0.154. The number of hydrogen-bond acceptors (Lipinski definition) is 3. The third kappa shape index (κ3) is 2.37. The summed E-state index contributed by atoms with van der Waals surface area (Å²) in [4.78, 5) is 4.39. The molecule has 0 saturated heterocycles. The Morgan fingerprint density at radius 2 is 1.89 bits per heavy atom. The molecule has 0 amide bonds. The molecule has 2 aromatic rings. The molecule has 3 nitrogen and oxygen atoms in total. The third-order valence-corrected chi connectivity index (χ3v) is 3.25. The van der Waals surface area contributed by atoms with Gasteiger partial charge in [-0.2, -0.15) is 0 Å². The number of ether oxygens (including phenoxy) is 1. The molecule has 94 valence electrons. The summed E-state index contributed by atoms with van der Waals surface area (Å²) in [6.07, 6.45) is 0. The van der Waals surface area contributed by atoms with Crippen LogP contribution in [0.2, 0.25) is 10.0 Å². The summed E-state index contributed by atoms with van der Waals surface area (Å²) in [5.41, 5.74) is 8.63. The smallest absolute Gasteiger partial charge is 0.138 e. The number of pyridine rings is 1. The van der Waals surface area contributed by atoms with Crippen molar-refractivity contribution in [2.75, 3.05) is 12.8 Å². The predicted molar refractivity (Wildman–Crippen MR) is 75.4 cm³/mol. The van der Waals surface area contributed by atoms with Crippen molar-refractivity contribution in [2.45, 2.75) is 6.92 Å². The Labute approximate surface area is 115 Å². The van der Waals surface area contributed by atoms with Gasteiger partial charge in [0.2, 0.25) is 0 Å². The van der Waals surface area contributed by atoms with Crippen LogP contribution in [0.1, 0.15) is 5.69 Å². The average molecular weight is 283 g/mol. The second kappa shape index (κ2) is 5.04. The molecule has 0 radical (unpaired) electrons. The van der Waals surface area contributed by atoms with Gasteiger partial charge in [-0.05, 0) is 25.1 Å². The maximum atomic E-state index is 6.20. The van der Waals surface area contributed by atoms with Crippen molar-refractivity contribution in [3.05, 3.63) is 40.0 Å². The van der Waals surface area contributed by atoms with Gasteiger partial charge in [0.25, 0.3) is 0 Å². The van der Waals surface area contributed by atoms with E-state index in [9.17, 15) is 0 Å². The lowest BCUT2D eigenvalue weighted by molar-refractivity contribution is 0.415. The maximum absolute atomic E-state index is 6.20. The highest BCUT2D eigenvalue weighted by molar-refractivity contribution is 6.36. The summed E-state index contributed by atoms with van der Waals surface area (Å²) < 4.78 is 5.10. The number of nitrogen functional groups attached to an aromatic ring is 1. The Morgan fingerprint density at radius 1 is 1.17 bits per heavy atom. The van der Waals surface area contributed by atoms with Crippen LogP contribution in [0.25, 0.3) is 11.3 Å². The standard InChI is InChI=1S/C13H12Cl2N2O/c1-7-11(16)3-4-12(17-7)8-5-10(15)13(18-2)6-9(8)14/h3-6H,16H2,1-2H3. The Bertz CT molecular complexity index is 600. The molecule has 0 spiro atoms. The highest BCUT2D eigenvalue weighted by atomic mass is 35.5. The molecule has 1 heterocycles. The van der Waals surface area contributed by atoms with Crippen LogP contribution in [0, 0.1) is 6.92 Å². The van der Waals surface area contributed by atoms with Crippen molar-refractivity contribution < 1.29 is 4.74 Å². The van der Waals surface area contributed by atoms with Crippen LogP contribution in [-0.4, -0.2) is 12.1 Å². The molecule has 18 heavy (non-hydrogen) atoms. The maximum Gasteiger partial charge on any atom is 0.138 e. The molecule has 0 saturated carbocycles. The fourth-order valence-corrected chi connectivity index (χ4v) is 2.09. The lowest BCUT2D eigenvalue weighted by Gasteiger charge is -2.09. The van der Waals surface area contributed by atoms with Crippen LogP contribution in [0.3, 0.4) is 0 Å². The van der Waals surface area contributed by atoms with Crippen LogP contribution in [-0.2, 0) is 0 Å². The van der Waals surface area contributed by atoms with Gasteiger partial charge in [0.1, 0.15) is 5.75 Å². The first-order valence-electron chi connectivity index (χ1n) is 5.29. The van der Waals surface area contributed by atoms with Gasteiger partial charge in [-0.1, -0.05) is 23.2 Å². The lowest BCUT2D eigenvalue weighted by Crippen LogP contribution is -1.95. The van der Waals surface area contributed by atoms with Crippen molar-refractivity contribution in [3.63, 3.8) is 0 Å². The predicted octanol–water partition coefficient (Wildman–Crippen LogP) is 3.95. The number of hydrogen-bond donors (Lipinski definition) is 1. The lowest BCUT2D eigenvalue weighted by atomic mass is 10.1. The van der Waals surface area contributed by atoms with Crippen LogP contribution < -0.4 is 10.5 Å². The Kier molecular flexibility index (Phi) is 3.64. The Hall–Kier alpha value is -1.45. The number of nitrogens with two attached hydrogens (primary N) is 1. The molecule has 5 heteroatoms. The van der Waals surface area contributed by atoms with E-state index in [4.69, 9.17) is 33.7 Å². The van der Waals surface area contributed by atoms with E-state index < -0.39 is 0 Å². The van der Waals surface area contributed by atoms with E-state index in [1.807, 2.05) is 13.0 Å². The van der Waals surface area contributed by atoms with Gasteiger partial charge in [0.05, 0.1) is 34.2 Å². The normalized spacial score (nSPS) is 10.4. The summed E-state index contributed by atoms with van der Waals surface area (Å²) in [7, 11) is 1.54. The van der Waals surface area contributed by atoms with E-state index in [1.54, 1.807) is 25.3 Å². The number of benzene rings is 1. The van der Waals surface area contributed by atoms with Gasteiger partial charge in [-0.25, -0.2) is 0 Å². The minimum absolute atomic E-state index is 0.494. The molecule has 1 aromatic carbocycles. The minimum Gasteiger partial charge on any atom is -0.495 e. The highest BCUT2D eigenvalue weighted by Crippen LogP contribution is 2.36. The van der Waals surface area contributed by atoms with Crippen LogP contribution in [0.4, 0.5) is 5.69 Å². The molecule has 0 aliphatic carbocycles. The molecule has 0 unspecified atom stereocenters. The first-order chi connectivity index (χ1) is 8.52. The molecule has 1 aromatic heterocycles. The minimum atomic E-state index is 0.494. The van der Waals surface area contributed by atoms with Gasteiger partial charge >= 0.3 is 0 Å². The summed E-state index contributed by atoms with van der Waals surface area (Å²) in [5, 5.41) is 1.03. The summed E-state index contributed by atoms with van der Waals surface area (Å²) in [6.45, 7) is 1.85.